The van der Waals surface area contributed by atoms with Gasteiger partial charge >= 0.3 is 0 Å². The molecule has 6 heteroatoms. The predicted octanol–water partition coefficient (Wildman–Crippen LogP) is 2.57. The largest absolute Gasteiger partial charge is 0.396 e. The Hall–Kier alpha value is -1.98. The van der Waals surface area contributed by atoms with Gasteiger partial charge in [-0.3, -0.25) is 0 Å². The van der Waals surface area contributed by atoms with E-state index in [9.17, 15) is 4.39 Å². The third-order valence-electron chi connectivity index (χ3n) is 3.67. The predicted molar refractivity (Wildman–Crippen MR) is 69.7 cm³/mol. The fraction of sp³-hybridized carbons (Fsp3) is 0.462. The Bertz CT molecular complexity index is 574. The van der Waals surface area contributed by atoms with E-state index in [1.165, 1.54) is 25.3 Å². The molecule has 2 aromatic rings. The van der Waals surface area contributed by atoms with Gasteiger partial charge in [-0.1, -0.05) is 19.3 Å². The summed E-state index contributed by atoms with van der Waals surface area (Å²) in [6.45, 7) is 0. The topological polar surface area (TPSA) is 69.6 Å². The van der Waals surface area contributed by atoms with Crippen molar-refractivity contribution in [2.24, 2.45) is 0 Å². The van der Waals surface area contributed by atoms with E-state index in [1.807, 2.05) is 4.68 Å². The minimum absolute atomic E-state index is 0.139. The monoisotopic (exact) mass is 261 g/mol. The normalized spacial score (nSPS) is 16.7. The first-order chi connectivity index (χ1) is 9.25. The maximum atomic E-state index is 13.5. The van der Waals surface area contributed by atoms with Gasteiger partial charge in [0.05, 0.1) is 11.7 Å². The molecule has 5 nitrogen and oxygen atoms in total. The molecule has 1 fully saturated rings. The van der Waals surface area contributed by atoms with E-state index in [0.717, 1.165) is 12.8 Å². The summed E-state index contributed by atoms with van der Waals surface area (Å²) in [7, 11) is 0. The summed E-state index contributed by atoms with van der Waals surface area (Å²) >= 11 is 0. The van der Waals surface area contributed by atoms with E-state index >= 15 is 0 Å². The van der Waals surface area contributed by atoms with Gasteiger partial charge < -0.3 is 5.73 Å². The Morgan fingerprint density at radius 2 is 2.00 bits per heavy atom. The van der Waals surface area contributed by atoms with Crippen molar-refractivity contribution in [2.75, 3.05) is 5.73 Å². The molecule has 1 aliphatic rings. The summed E-state index contributed by atoms with van der Waals surface area (Å²) in [5, 5.41) is 11.8. The molecule has 0 spiro atoms. The summed E-state index contributed by atoms with van der Waals surface area (Å²) < 4.78 is 15.4. The maximum absolute atomic E-state index is 13.5. The number of halogens is 1. The van der Waals surface area contributed by atoms with Gasteiger partial charge in [0.25, 0.3) is 0 Å². The molecule has 1 aromatic heterocycles. The molecule has 0 atom stereocenters. The number of nitrogen functional groups attached to an aromatic ring is 1. The molecule has 1 aromatic carbocycles. The Kier molecular flexibility index (Phi) is 3.15. The zero-order valence-electron chi connectivity index (χ0n) is 10.6. The molecule has 100 valence electrons. The zero-order valence-corrected chi connectivity index (χ0v) is 10.6. The number of nitrogens with two attached hydrogens (primary N) is 1. The van der Waals surface area contributed by atoms with E-state index in [-0.39, 0.29) is 5.69 Å². The van der Waals surface area contributed by atoms with Crippen molar-refractivity contribution >= 4 is 5.69 Å². The smallest absolute Gasteiger partial charge is 0.182 e. The van der Waals surface area contributed by atoms with E-state index in [1.54, 1.807) is 12.1 Å². The molecule has 2 N–H and O–H groups in total. The number of hydrogen-bond acceptors (Lipinski definition) is 4. The van der Waals surface area contributed by atoms with Crippen LogP contribution in [0.2, 0.25) is 0 Å². The number of nitrogens with zero attached hydrogens (tertiary/aromatic N) is 4. The molecule has 0 amide bonds. The highest BCUT2D eigenvalue weighted by molar-refractivity contribution is 5.59. The molecule has 19 heavy (non-hydrogen) atoms. The van der Waals surface area contributed by atoms with Crippen LogP contribution in [0.1, 0.15) is 38.1 Å². The highest BCUT2D eigenvalue weighted by atomic mass is 19.1. The Labute approximate surface area is 110 Å². The van der Waals surface area contributed by atoms with Crippen LogP contribution in [0.5, 0.6) is 0 Å². The molecular formula is C13H16FN5. The summed E-state index contributed by atoms with van der Waals surface area (Å²) in [5.41, 5.74) is 6.30. The van der Waals surface area contributed by atoms with Gasteiger partial charge in [-0.05, 0) is 41.5 Å². The minimum atomic E-state index is -0.435. The second-order valence-corrected chi connectivity index (χ2v) is 4.98. The molecule has 0 saturated heterocycles. The van der Waals surface area contributed by atoms with Gasteiger partial charge in [0, 0.05) is 5.56 Å². The highest BCUT2D eigenvalue weighted by Gasteiger charge is 2.21. The highest BCUT2D eigenvalue weighted by Crippen LogP contribution is 2.30. The third-order valence-corrected chi connectivity index (χ3v) is 3.67. The van der Waals surface area contributed by atoms with Gasteiger partial charge in [-0.15, -0.1) is 5.10 Å². The third kappa shape index (κ3) is 2.30. The average Bonchev–Trinajstić information content (AvgIpc) is 2.92. The molecule has 0 unspecified atom stereocenters. The van der Waals surface area contributed by atoms with Crippen molar-refractivity contribution < 1.29 is 4.39 Å². The van der Waals surface area contributed by atoms with Crippen molar-refractivity contribution in [1.82, 2.24) is 20.2 Å². The van der Waals surface area contributed by atoms with Crippen LogP contribution in [-0.4, -0.2) is 20.2 Å². The average molecular weight is 261 g/mol. The van der Waals surface area contributed by atoms with Crippen LogP contribution >= 0.6 is 0 Å². The van der Waals surface area contributed by atoms with Crippen LogP contribution < -0.4 is 5.73 Å². The number of rotatable bonds is 2. The van der Waals surface area contributed by atoms with Gasteiger partial charge in [0.2, 0.25) is 0 Å². The fourth-order valence-electron chi connectivity index (χ4n) is 2.62. The second kappa shape index (κ2) is 4.95. The van der Waals surface area contributed by atoms with E-state index in [4.69, 9.17) is 5.73 Å². The molecule has 0 radical (unpaired) electrons. The lowest BCUT2D eigenvalue weighted by atomic mass is 9.95. The zero-order chi connectivity index (χ0) is 13.2. The van der Waals surface area contributed by atoms with Crippen LogP contribution in [0.15, 0.2) is 18.2 Å². The first-order valence-corrected chi connectivity index (χ1v) is 6.59. The molecule has 1 aliphatic carbocycles. The number of hydrogen-bond donors (Lipinski definition) is 1. The molecule has 0 bridgehead atoms. The maximum Gasteiger partial charge on any atom is 0.182 e. The van der Waals surface area contributed by atoms with Crippen LogP contribution in [0.3, 0.4) is 0 Å². The summed E-state index contributed by atoms with van der Waals surface area (Å²) in [4.78, 5) is 0. The summed E-state index contributed by atoms with van der Waals surface area (Å²) in [5.74, 6) is 0.182. The number of tetrazole rings is 1. The number of anilines is 1. The van der Waals surface area contributed by atoms with Gasteiger partial charge in [-0.25, -0.2) is 9.07 Å². The first kappa shape index (κ1) is 12.1. The molecular weight excluding hydrogens is 245 g/mol. The Balaban J connectivity index is 1.96. The van der Waals surface area contributed by atoms with Crippen molar-refractivity contribution in [2.45, 2.75) is 38.1 Å². The summed E-state index contributed by atoms with van der Waals surface area (Å²) in [6.07, 6.45) is 5.82. The van der Waals surface area contributed by atoms with E-state index in [0.29, 0.717) is 17.4 Å². The van der Waals surface area contributed by atoms with Gasteiger partial charge in [-0.2, -0.15) is 0 Å². The quantitative estimate of drug-likeness (QED) is 0.843. The first-order valence-electron chi connectivity index (χ1n) is 6.59. The van der Waals surface area contributed by atoms with Crippen molar-refractivity contribution in [3.63, 3.8) is 0 Å². The van der Waals surface area contributed by atoms with E-state index in [2.05, 4.69) is 15.5 Å². The fourth-order valence-corrected chi connectivity index (χ4v) is 2.62. The van der Waals surface area contributed by atoms with Gasteiger partial charge in [0.1, 0.15) is 5.82 Å². The van der Waals surface area contributed by atoms with E-state index < -0.39 is 5.82 Å². The second-order valence-electron chi connectivity index (χ2n) is 4.98. The lowest BCUT2D eigenvalue weighted by Gasteiger charge is -2.22. The standard InChI is InChI=1S/C13H16FN5/c14-11-8-9(6-7-12(11)15)13-16-17-18-19(13)10-4-2-1-3-5-10/h6-8,10H,1-5,15H2. The molecule has 1 saturated carbocycles. The number of benzene rings is 1. The lowest BCUT2D eigenvalue weighted by Crippen LogP contribution is -2.15. The lowest BCUT2D eigenvalue weighted by molar-refractivity contribution is 0.327. The molecule has 1 heterocycles. The van der Waals surface area contributed by atoms with Crippen molar-refractivity contribution in [3.05, 3.63) is 24.0 Å². The minimum Gasteiger partial charge on any atom is -0.396 e. The molecule has 3 rings (SSSR count). The molecule has 0 aliphatic heterocycles. The van der Waals surface area contributed by atoms with Crippen molar-refractivity contribution in [1.29, 1.82) is 0 Å². The number of aromatic nitrogens is 4. The summed E-state index contributed by atoms with van der Waals surface area (Å²) in [6, 6.07) is 5.01. The van der Waals surface area contributed by atoms with Crippen LogP contribution in [0, 0.1) is 5.82 Å². The Morgan fingerprint density at radius 1 is 1.21 bits per heavy atom. The van der Waals surface area contributed by atoms with Gasteiger partial charge in [0.15, 0.2) is 5.82 Å². The van der Waals surface area contributed by atoms with Crippen molar-refractivity contribution in [3.8, 4) is 11.4 Å². The SMILES string of the molecule is Nc1ccc(-c2nnnn2C2CCCCC2)cc1F. The van der Waals surface area contributed by atoms with Crippen LogP contribution in [0.25, 0.3) is 11.4 Å². The Morgan fingerprint density at radius 3 is 2.74 bits per heavy atom. The van der Waals surface area contributed by atoms with Crippen LogP contribution in [0.4, 0.5) is 10.1 Å². The van der Waals surface area contributed by atoms with Crippen LogP contribution in [-0.2, 0) is 0 Å².